The Kier molecular flexibility index (Phi) is 6.28. The van der Waals surface area contributed by atoms with E-state index >= 15 is 0 Å². The van der Waals surface area contributed by atoms with Gasteiger partial charge in [-0.05, 0) is 51.8 Å². The number of carbonyl (C=O) groups is 3. The molecular formula is C24H33N5O5. The van der Waals surface area contributed by atoms with Gasteiger partial charge in [0.15, 0.2) is 0 Å². The minimum atomic E-state index is -0.693. The van der Waals surface area contributed by atoms with Gasteiger partial charge < -0.3 is 9.64 Å². The molecule has 1 aromatic carbocycles. The summed E-state index contributed by atoms with van der Waals surface area (Å²) in [6.45, 7) is 10.3. The van der Waals surface area contributed by atoms with Crippen LogP contribution < -0.4 is 11.0 Å². The van der Waals surface area contributed by atoms with Gasteiger partial charge in [-0.1, -0.05) is 6.07 Å². The van der Waals surface area contributed by atoms with Crippen molar-refractivity contribution >= 4 is 28.9 Å². The number of hydrogen-bond donors (Lipinski definition) is 1. The number of fused-ring (bicyclic) bond motifs is 1. The number of piperazine rings is 1. The number of aromatic nitrogens is 2. The standard InChI is InChI=1S/C24H33N5O5/c1-15-13-27(10-11-28(15)23(33)34-24(2,3)4)14-16-6-7-17-19(12-16)26(5)22(32)29(17)18-8-9-20(30)25-21(18)31/h6-7,12,15,18H,8-11,13-14H2,1-5H3,(H,25,30,31)/t15-,18?/m1/s1. The van der Waals surface area contributed by atoms with Crippen LogP contribution in [0.1, 0.15) is 52.1 Å². The third kappa shape index (κ3) is 4.72. The quantitative estimate of drug-likeness (QED) is 0.684. The molecule has 3 amide bonds. The van der Waals surface area contributed by atoms with Crippen molar-refractivity contribution in [3.8, 4) is 0 Å². The van der Waals surface area contributed by atoms with Crippen LogP contribution in [0, 0.1) is 0 Å². The molecule has 0 radical (unpaired) electrons. The molecule has 34 heavy (non-hydrogen) atoms. The van der Waals surface area contributed by atoms with Crippen molar-refractivity contribution in [1.29, 1.82) is 0 Å². The first-order valence-electron chi connectivity index (χ1n) is 11.7. The monoisotopic (exact) mass is 471 g/mol. The Morgan fingerprint density at radius 2 is 1.88 bits per heavy atom. The number of imidazole rings is 1. The van der Waals surface area contributed by atoms with E-state index < -0.39 is 17.6 Å². The van der Waals surface area contributed by atoms with Gasteiger partial charge >= 0.3 is 11.8 Å². The molecule has 4 rings (SSSR count). The van der Waals surface area contributed by atoms with Gasteiger partial charge in [0.2, 0.25) is 11.8 Å². The van der Waals surface area contributed by atoms with Crippen LogP contribution >= 0.6 is 0 Å². The highest BCUT2D eigenvalue weighted by molar-refractivity contribution is 6.00. The lowest BCUT2D eigenvalue weighted by atomic mass is 10.1. The number of imide groups is 1. The van der Waals surface area contributed by atoms with Crippen LogP contribution in [0.5, 0.6) is 0 Å². The number of amides is 3. The maximum Gasteiger partial charge on any atom is 0.410 e. The Labute approximate surface area is 198 Å². The van der Waals surface area contributed by atoms with E-state index in [4.69, 9.17) is 4.74 Å². The summed E-state index contributed by atoms with van der Waals surface area (Å²) in [5, 5.41) is 2.33. The zero-order chi connectivity index (χ0) is 24.8. The number of benzene rings is 1. The molecule has 0 aliphatic carbocycles. The first-order chi connectivity index (χ1) is 15.9. The maximum absolute atomic E-state index is 13.0. The first kappa shape index (κ1) is 24.0. The third-order valence-electron chi connectivity index (χ3n) is 6.42. The Hall–Kier alpha value is -3.14. The summed E-state index contributed by atoms with van der Waals surface area (Å²) < 4.78 is 8.56. The van der Waals surface area contributed by atoms with Gasteiger partial charge in [0, 0.05) is 45.7 Å². The molecule has 0 spiro atoms. The molecule has 10 nitrogen and oxygen atoms in total. The largest absolute Gasteiger partial charge is 0.444 e. The second-order valence-electron chi connectivity index (χ2n) is 10.3. The van der Waals surface area contributed by atoms with Crippen molar-refractivity contribution in [3.05, 3.63) is 34.2 Å². The lowest BCUT2D eigenvalue weighted by Crippen LogP contribution is -2.54. The van der Waals surface area contributed by atoms with Crippen LogP contribution in [0.4, 0.5) is 4.79 Å². The number of aryl methyl sites for hydroxylation is 1. The molecule has 0 saturated carbocycles. The fourth-order valence-corrected chi connectivity index (χ4v) is 4.76. The molecule has 2 atom stereocenters. The second kappa shape index (κ2) is 8.90. The number of nitrogens with one attached hydrogen (secondary N) is 1. The molecule has 1 N–H and O–H groups in total. The zero-order valence-corrected chi connectivity index (χ0v) is 20.5. The topological polar surface area (TPSA) is 106 Å². The summed E-state index contributed by atoms with van der Waals surface area (Å²) >= 11 is 0. The second-order valence-corrected chi connectivity index (χ2v) is 10.3. The highest BCUT2D eigenvalue weighted by Gasteiger charge is 2.32. The molecule has 1 aromatic heterocycles. The van der Waals surface area contributed by atoms with E-state index in [1.54, 1.807) is 16.5 Å². The number of ether oxygens (including phenoxy) is 1. The lowest BCUT2D eigenvalue weighted by Gasteiger charge is -2.40. The highest BCUT2D eigenvalue weighted by Crippen LogP contribution is 2.25. The molecule has 1 unspecified atom stereocenters. The molecular weight excluding hydrogens is 438 g/mol. The average molecular weight is 472 g/mol. The summed E-state index contributed by atoms with van der Waals surface area (Å²) in [7, 11) is 1.69. The third-order valence-corrected chi connectivity index (χ3v) is 6.42. The SMILES string of the molecule is C[C@@H]1CN(Cc2ccc3c(c2)n(C)c(=O)n3C2CCC(=O)NC2=O)CCN1C(=O)OC(C)(C)C. The van der Waals surface area contributed by atoms with Crippen LogP contribution in [-0.4, -0.2) is 68.1 Å². The number of rotatable bonds is 3. The fourth-order valence-electron chi connectivity index (χ4n) is 4.76. The highest BCUT2D eigenvalue weighted by atomic mass is 16.6. The number of nitrogens with zero attached hydrogens (tertiary/aromatic N) is 4. The zero-order valence-electron chi connectivity index (χ0n) is 20.5. The molecule has 3 heterocycles. The van der Waals surface area contributed by atoms with Crippen LogP contribution in [0.15, 0.2) is 23.0 Å². The number of carbonyl (C=O) groups excluding carboxylic acids is 3. The molecule has 2 fully saturated rings. The fraction of sp³-hybridized carbons (Fsp3) is 0.583. The van der Waals surface area contributed by atoms with Crippen molar-refractivity contribution in [1.82, 2.24) is 24.3 Å². The summed E-state index contributed by atoms with van der Waals surface area (Å²) in [5.74, 6) is -0.746. The Balaban J connectivity index is 1.50. The van der Waals surface area contributed by atoms with Crippen molar-refractivity contribution in [2.75, 3.05) is 19.6 Å². The Morgan fingerprint density at radius 1 is 1.15 bits per heavy atom. The predicted octanol–water partition coefficient (Wildman–Crippen LogP) is 1.76. The van der Waals surface area contributed by atoms with Crippen LogP contribution in [0.2, 0.25) is 0 Å². The minimum Gasteiger partial charge on any atom is -0.444 e. The number of hydrogen-bond acceptors (Lipinski definition) is 6. The van der Waals surface area contributed by atoms with Gasteiger partial charge in [-0.25, -0.2) is 9.59 Å². The predicted molar refractivity (Wildman–Crippen MR) is 126 cm³/mol. The lowest BCUT2D eigenvalue weighted by molar-refractivity contribution is -0.135. The van der Waals surface area contributed by atoms with E-state index in [-0.39, 0.29) is 30.2 Å². The maximum atomic E-state index is 13.0. The molecule has 184 valence electrons. The summed E-state index contributed by atoms with van der Waals surface area (Å²) in [5.41, 5.74) is 1.66. The van der Waals surface area contributed by atoms with Crippen molar-refractivity contribution < 1.29 is 19.1 Å². The molecule has 2 aliphatic rings. The van der Waals surface area contributed by atoms with Gasteiger partial charge in [-0.3, -0.25) is 28.9 Å². The first-order valence-corrected chi connectivity index (χ1v) is 11.7. The summed E-state index contributed by atoms with van der Waals surface area (Å²) in [6.07, 6.45) is 0.238. The van der Waals surface area contributed by atoms with Gasteiger partial charge in [0.25, 0.3) is 0 Å². The molecule has 2 aromatic rings. The summed E-state index contributed by atoms with van der Waals surface area (Å²) in [6, 6.07) is 5.14. The van der Waals surface area contributed by atoms with E-state index in [0.29, 0.717) is 31.6 Å². The Bertz CT molecular complexity index is 1190. The van der Waals surface area contributed by atoms with E-state index in [1.165, 1.54) is 4.57 Å². The molecule has 10 heteroatoms. The van der Waals surface area contributed by atoms with Gasteiger partial charge in [-0.15, -0.1) is 0 Å². The van der Waals surface area contributed by atoms with Crippen LogP contribution in [-0.2, 0) is 27.9 Å². The average Bonchev–Trinajstić information content (AvgIpc) is 2.97. The summed E-state index contributed by atoms with van der Waals surface area (Å²) in [4.78, 5) is 53.4. The van der Waals surface area contributed by atoms with Gasteiger partial charge in [0.1, 0.15) is 11.6 Å². The van der Waals surface area contributed by atoms with Crippen molar-refractivity contribution in [2.45, 2.75) is 64.8 Å². The Morgan fingerprint density at radius 3 is 2.53 bits per heavy atom. The molecule has 0 bridgehead atoms. The van der Waals surface area contributed by atoms with E-state index in [1.807, 2.05) is 45.9 Å². The van der Waals surface area contributed by atoms with Crippen molar-refractivity contribution in [3.63, 3.8) is 0 Å². The van der Waals surface area contributed by atoms with Crippen LogP contribution in [0.25, 0.3) is 11.0 Å². The smallest absolute Gasteiger partial charge is 0.410 e. The van der Waals surface area contributed by atoms with Crippen molar-refractivity contribution in [2.24, 2.45) is 7.05 Å². The van der Waals surface area contributed by atoms with Gasteiger partial charge in [-0.2, -0.15) is 0 Å². The van der Waals surface area contributed by atoms with E-state index in [2.05, 4.69) is 10.2 Å². The van der Waals surface area contributed by atoms with E-state index in [9.17, 15) is 19.2 Å². The molecule has 2 saturated heterocycles. The molecule has 2 aliphatic heterocycles. The number of piperidine rings is 1. The normalized spacial score (nSPS) is 22.2. The van der Waals surface area contributed by atoms with Gasteiger partial charge in [0.05, 0.1) is 11.0 Å². The minimum absolute atomic E-state index is 0.0188. The van der Waals surface area contributed by atoms with Crippen LogP contribution in [0.3, 0.4) is 0 Å². The van der Waals surface area contributed by atoms with E-state index in [0.717, 1.165) is 17.6 Å².